The van der Waals surface area contributed by atoms with E-state index in [4.69, 9.17) is 5.11 Å². The molecule has 0 aromatic carbocycles. The van der Waals surface area contributed by atoms with Gasteiger partial charge < -0.3 is 10.4 Å². The smallest absolute Gasteiger partial charge is 0.305 e. The van der Waals surface area contributed by atoms with Gasteiger partial charge in [-0.15, -0.1) is 0 Å². The van der Waals surface area contributed by atoms with Crippen molar-refractivity contribution in [2.75, 3.05) is 0 Å². The minimum absolute atomic E-state index is 0.125. The molecule has 1 aromatic rings. The van der Waals surface area contributed by atoms with E-state index in [1.807, 2.05) is 20.8 Å². The maximum Gasteiger partial charge on any atom is 0.305 e. The zero-order valence-corrected chi connectivity index (χ0v) is 13.0. The molecule has 0 aliphatic rings. The Morgan fingerprint density at radius 3 is 2.47 bits per heavy atom. The third-order valence-corrected chi connectivity index (χ3v) is 3.31. The number of carboxylic acid groups (broad SMARTS) is 1. The molecule has 0 aliphatic carbocycles. The monoisotopic (exact) mass is 331 g/mol. The molecular weight excluding hydrogens is 314 g/mol. The lowest BCUT2D eigenvalue weighted by atomic mass is 9.84. The van der Waals surface area contributed by atoms with E-state index in [1.165, 1.54) is 4.68 Å². The summed E-state index contributed by atoms with van der Waals surface area (Å²) in [5.74, 6) is -1.33. The number of carbonyl (C=O) groups excluding carboxylic acids is 1. The van der Waals surface area contributed by atoms with Crippen LogP contribution in [-0.4, -0.2) is 32.8 Å². The highest BCUT2D eigenvalue weighted by atomic mass is 79.9. The summed E-state index contributed by atoms with van der Waals surface area (Å²) in [7, 11) is 1.71. The number of halogens is 1. The summed E-state index contributed by atoms with van der Waals surface area (Å²) in [5, 5.41) is 15.7. The summed E-state index contributed by atoms with van der Waals surface area (Å²) in [6.07, 6.45) is 1.54. The first-order valence-corrected chi connectivity index (χ1v) is 6.62. The first-order valence-electron chi connectivity index (χ1n) is 5.83. The largest absolute Gasteiger partial charge is 0.481 e. The van der Waals surface area contributed by atoms with Gasteiger partial charge in [0.25, 0.3) is 5.91 Å². The van der Waals surface area contributed by atoms with Crippen LogP contribution in [0, 0.1) is 5.41 Å². The number of hydrogen-bond acceptors (Lipinski definition) is 3. The van der Waals surface area contributed by atoms with Gasteiger partial charge in [0, 0.05) is 19.3 Å². The molecule has 0 bridgehead atoms. The number of hydrogen-bond donors (Lipinski definition) is 2. The Labute approximate surface area is 120 Å². The molecular formula is C12H18BrN3O3. The predicted octanol–water partition coefficient (Wildman–Crippen LogP) is 1.80. The number of rotatable bonds is 4. The van der Waals surface area contributed by atoms with Gasteiger partial charge in [-0.1, -0.05) is 20.8 Å². The van der Waals surface area contributed by atoms with Crippen LogP contribution in [-0.2, 0) is 11.8 Å². The molecule has 0 radical (unpaired) electrons. The maximum absolute atomic E-state index is 12.1. The van der Waals surface area contributed by atoms with Crippen molar-refractivity contribution >= 4 is 27.8 Å². The molecule has 19 heavy (non-hydrogen) atoms. The molecule has 106 valence electrons. The number of amides is 1. The van der Waals surface area contributed by atoms with Crippen molar-refractivity contribution in [3.8, 4) is 0 Å². The quantitative estimate of drug-likeness (QED) is 0.881. The Kier molecular flexibility index (Phi) is 4.73. The molecule has 0 saturated carbocycles. The number of aromatic nitrogens is 2. The van der Waals surface area contributed by atoms with Gasteiger partial charge in [0.1, 0.15) is 0 Å². The van der Waals surface area contributed by atoms with E-state index < -0.39 is 12.0 Å². The molecule has 0 aliphatic heterocycles. The van der Waals surface area contributed by atoms with Gasteiger partial charge in [-0.2, -0.15) is 5.10 Å². The molecule has 1 amide bonds. The van der Waals surface area contributed by atoms with Gasteiger partial charge in [-0.25, -0.2) is 0 Å². The Bertz CT molecular complexity index is 491. The highest BCUT2D eigenvalue weighted by Gasteiger charge is 2.29. The van der Waals surface area contributed by atoms with Crippen molar-refractivity contribution in [1.29, 1.82) is 0 Å². The predicted molar refractivity (Wildman–Crippen MR) is 73.9 cm³/mol. The van der Waals surface area contributed by atoms with Crippen LogP contribution in [0.5, 0.6) is 0 Å². The first-order chi connectivity index (χ1) is 8.61. The number of carbonyl (C=O) groups is 2. The first kappa shape index (κ1) is 15.7. The number of nitrogens with zero attached hydrogens (tertiary/aromatic N) is 2. The fourth-order valence-corrected chi connectivity index (χ4v) is 2.14. The Hall–Kier alpha value is -1.37. The van der Waals surface area contributed by atoms with E-state index in [1.54, 1.807) is 13.2 Å². The van der Waals surface area contributed by atoms with E-state index in [0.717, 1.165) is 0 Å². The lowest BCUT2D eigenvalue weighted by molar-refractivity contribution is -0.138. The zero-order valence-electron chi connectivity index (χ0n) is 11.4. The minimum atomic E-state index is -0.944. The highest BCUT2D eigenvalue weighted by Crippen LogP contribution is 2.23. The van der Waals surface area contributed by atoms with E-state index in [-0.39, 0.29) is 23.4 Å². The fourth-order valence-electron chi connectivity index (χ4n) is 1.59. The van der Waals surface area contributed by atoms with Gasteiger partial charge in [-0.05, 0) is 21.3 Å². The second-order valence-electron chi connectivity index (χ2n) is 5.49. The number of aliphatic carboxylic acids is 1. The van der Waals surface area contributed by atoms with Crippen molar-refractivity contribution in [3.63, 3.8) is 0 Å². The van der Waals surface area contributed by atoms with Gasteiger partial charge >= 0.3 is 5.97 Å². The highest BCUT2D eigenvalue weighted by molar-refractivity contribution is 9.10. The van der Waals surface area contributed by atoms with E-state index >= 15 is 0 Å². The third-order valence-electron chi connectivity index (χ3n) is 2.73. The molecule has 1 rings (SSSR count). The van der Waals surface area contributed by atoms with Gasteiger partial charge in [-0.3, -0.25) is 14.3 Å². The van der Waals surface area contributed by atoms with E-state index in [9.17, 15) is 9.59 Å². The van der Waals surface area contributed by atoms with Crippen LogP contribution in [0.15, 0.2) is 10.7 Å². The standard InChI is InChI=1S/C12H18BrN3O3/c1-12(2,3)8(5-9(17)18)14-11(19)10-7(13)6-16(4)15-10/h6,8H,5H2,1-4H3,(H,14,19)(H,17,18)/t8-/m1/s1. The zero-order chi connectivity index (χ0) is 14.8. The van der Waals surface area contributed by atoms with Gasteiger partial charge in [0.15, 0.2) is 5.69 Å². The van der Waals surface area contributed by atoms with Crippen LogP contribution in [0.1, 0.15) is 37.7 Å². The van der Waals surface area contributed by atoms with Crippen molar-refractivity contribution in [2.45, 2.75) is 33.2 Å². The number of nitrogens with one attached hydrogen (secondary N) is 1. The average Bonchev–Trinajstić information content (AvgIpc) is 2.54. The normalized spacial score (nSPS) is 13.1. The Morgan fingerprint density at radius 1 is 1.53 bits per heavy atom. The van der Waals surface area contributed by atoms with Crippen LogP contribution < -0.4 is 5.32 Å². The van der Waals surface area contributed by atoms with Gasteiger partial charge in [0.2, 0.25) is 0 Å². The summed E-state index contributed by atoms with van der Waals surface area (Å²) in [6.45, 7) is 5.65. The molecule has 6 nitrogen and oxygen atoms in total. The van der Waals surface area contributed by atoms with Crippen molar-refractivity contribution in [2.24, 2.45) is 12.5 Å². The average molecular weight is 332 g/mol. The maximum atomic E-state index is 12.1. The minimum Gasteiger partial charge on any atom is -0.481 e. The van der Waals surface area contributed by atoms with Crippen LogP contribution in [0.3, 0.4) is 0 Å². The second-order valence-corrected chi connectivity index (χ2v) is 6.34. The van der Waals surface area contributed by atoms with Crippen molar-refractivity contribution < 1.29 is 14.7 Å². The van der Waals surface area contributed by atoms with Gasteiger partial charge in [0.05, 0.1) is 10.9 Å². The SMILES string of the molecule is Cn1cc(Br)c(C(=O)N[C@H](CC(=O)O)C(C)(C)C)n1. The fraction of sp³-hybridized carbons (Fsp3) is 0.583. The molecule has 0 spiro atoms. The second kappa shape index (κ2) is 5.73. The number of carboxylic acids is 1. The summed E-state index contributed by atoms with van der Waals surface area (Å²) in [5.41, 5.74) is -0.0999. The van der Waals surface area contributed by atoms with Crippen LogP contribution in [0.4, 0.5) is 0 Å². The lowest BCUT2D eigenvalue weighted by Gasteiger charge is -2.30. The molecule has 0 unspecified atom stereocenters. The summed E-state index contributed by atoms with van der Waals surface area (Å²) in [4.78, 5) is 23.0. The molecule has 2 N–H and O–H groups in total. The van der Waals surface area contributed by atoms with E-state index in [2.05, 4.69) is 26.3 Å². The van der Waals surface area contributed by atoms with Crippen LogP contribution in [0.2, 0.25) is 0 Å². The topological polar surface area (TPSA) is 84.2 Å². The van der Waals surface area contributed by atoms with E-state index in [0.29, 0.717) is 4.47 Å². The Morgan fingerprint density at radius 2 is 2.11 bits per heavy atom. The van der Waals surface area contributed by atoms with Crippen molar-refractivity contribution in [1.82, 2.24) is 15.1 Å². The van der Waals surface area contributed by atoms with Crippen molar-refractivity contribution in [3.05, 3.63) is 16.4 Å². The molecule has 0 fully saturated rings. The summed E-state index contributed by atoms with van der Waals surface area (Å²) >= 11 is 3.25. The Balaban J connectivity index is 2.88. The molecule has 1 aromatic heterocycles. The molecule has 0 saturated heterocycles. The molecule has 1 heterocycles. The summed E-state index contributed by atoms with van der Waals surface area (Å²) in [6, 6.07) is -0.466. The summed E-state index contributed by atoms with van der Waals surface area (Å²) < 4.78 is 2.10. The molecule has 7 heteroatoms. The lowest BCUT2D eigenvalue weighted by Crippen LogP contribution is -2.45. The van der Waals surface area contributed by atoms with Crippen LogP contribution >= 0.6 is 15.9 Å². The third kappa shape index (κ3) is 4.34. The number of aryl methyl sites for hydroxylation is 1. The molecule has 1 atom stereocenters. The van der Waals surface area contributed by atoms with Crippen LogP contribution in [0.25, 0.3) is 0 Å².